The Morgan fingerprint density at radius 3 is 2.28 bits per heavy atom. The molecule has 0 unspecified atom stereocenters. The minimum Gasteiger partial charge on any atom is -0.497 e. The van der Waals surface area contributed by atoms with Crippen LogP contribution >= 0.6 is 0 Å². The van der Waals surface area contributed by atoms with E-state index >= 15 is 0 Å². The normalized spacial score (nSPS) is 11.8. The monoisotopic (exact) mass is 372 g/mol. The maximum Gasteiger partial charge on any atom is 0.354 e. The Morgan fingerprint density at radius 1 is 1.16 bits per heavy atom. The quantitative estimate of drug-likeness (QED) is 0.329. The Labute approximate surface area is 146 Å². The molecule has 0 bridgehead atoms. The van der Waals surface area contributed by atoms with Crippen molar-refractivity contribution >= 4 is 28.2 Å². The molecule has 0 aromatic heterocycles. The maximum absolute atomic E-state index is 11.9. The summed E-state index contributed by atoms with van der Waals surface area (Å²) < 4.78 is 38.1. The van der Waals surface area contributed by atoms with Gasteiger partial charge in [0.2, 0.25) is 6.79 Å². The van der Waals surface area contributed by atoms with Crippen LogP contribution in [0.2, 0.25) is 0 Å². The highest BCUT2D eigenvalue weighted by Crippen LogP contribution is 2.15. The highest BCUT2D eigenvalue weighted by atomic mass is 32.2. The molecule has 0 spiro atoms. The van der Waals surface area contributed by atoms with Gasteiger partial charge >= 0.3 is 11.9 Å². The van der Waals surface area contributed by atoms with Crippen molar-refractivity contribution in [2.24, 2.45) is 10.5 Å². The van der Waals surface area contributed by atoms with Crippen LogP contribution in [0.15, 0.2) is 34.3 Å². The summed E-state index contributed by atoms with van der Waals surface area (Å²) in [5.41, 5.74) is -0.728. The molecule has 1 N–H and O–H groups in total. The molecule has 0 amide bonds. The summed E-state index contributed by atoms with van der Waals surface area (Å²) in [4.78, 5) is 24.6. The first-order chi connectivity index (χ1) is 11.6. The van der Waals surface area contributed by atoms with E-state index in [4.69, 9.17) is 9.47 Å². The van der Waals surface area contributed by atoms with Crippen LogP contribution < -0.4 is 9.57 Å². The number of sulfonamides is 1. The van der Waals surface area contributed by atoms with Crippen LogP contribution in [0.1, 0.15) is 20.8 Å². The van der Waals surface area contributed by atoms with E-state index < -0.39 is 34.2 Å². The summed E-state index contributed by atoms with van der Waals surface area (Å²) in [6.07, 6.45) is 0.617. The molecule has 0 saturated carbocycles. The number of hydrazone groups is 1. The highest BCUT2D eigenvalue weighted by molar-refractivity contribution is 7.89. The standard InChI is InChI=1S/C15H20N2O7S/c1-15(2,3)14(19)24-10-23-13(18)9-16-17-25(20,21)12-7-5-11(22-4)6-8-12/h5-9,17H,10H2,1-4H3/b16-9-. The number of hydrogen-bond acceptors (Lipinski definition) is 8. The molecular formula is C15H20N2O7S. The molecule has 10 heteroatoms. The van der Waals surface area contributed by atoms with Gasteiger partial charge in [0.25, 0.3) is 10.0 Å². The topological polar surface area (TPSA) is 120 Å². The first-order valence-corrected chi connectivity index (χ1v) is 8.57. The summed E-state index contributed by atoms with van der Waals surface area (Å²) in [6, 6.07) is 5.58. The Bertz CT molecular complexity index is 734. The molecule has 0 aliphatic rings. The van der Waals surface area contributed by atoms with E-state index in [2.05, 4.69) is 9.84 Å². The van der Waals surface area contributed by atoms with Gasteiger partial charge in [0, 0.05) is 0 Å². The van der Waals surface area contributed by atoms with Gasteiger partial charge in [-0.3, -0.25) is 4.79 Å². The van der Waals surface area contributed by atoms with Gasteiger partial charge in [-0.25, -0.2) is 4.79 Å². The van der Waals surface area contributed by atoms with Gasteiger partial charge in [-0.15, -0.1) is 0 Å². The third-order valence-electron chi connectivity index (χ3n) is 2.72. The molecular weight excluding hydrogens is 352 g/mol. The van der Waals surface area contributed by atoms with E-state index in [0.717, 1.165) is 0 Å². The molecule has 1 rings (SSSR count). The fourth-order valence-electron chi connectivity index (χ4n) is 1.35. The first kappa shape index (κ1) is 20.4. The predicted octanol–water partition coefficient (Wildman–Crippen LogP) is 1.05. The van der Waals surface area contributed by atoms with Gasteiger partial charge in [-0.1, -0.05) is 0 Å². The van der Waals surface area contributed by atoms with E-state index in [9.17, 15) is 18.0 Å². The molecule has 1 aromatic rings. The molecule has 0 atom stereocenters. The second-order valence-corrected chi connectivity index (χ2v) is 7.45. The minimum absolute atomic E-state index is 0.0575. The second-order valence-electron chi connectivity index (χ2n) is 5.79. The molecule has 0 aliphatic carbocycles. The van der Waals surface area contributed by atoms with Gasteiger partial charge in [0.05, 0.1) is 17.4 Å². The summed E-state index contributed by atoms with van der Waals surface area (Å²) in [7, 11) is -2.48. The number of rotatable bonds is 7. The lowest BCUT2D eigenvalue weighted by atomic mass is 9.98. The van der Waals surface area contributed by atoms with E-state index in [1.165, 1.54) is 31.4 Å². The minimum atomic E-state index is -3.93. The number of carbonyl (C=O) groups excluding carboxylic acids is 2. The Morgan fingerprint density at radius 2 is 1.76 bits per heavy atom. The molecule has 138 valence electrons. The average Bonchev–Trinajstić information content (AvgIpc) is 2.53. The van der Waals surface area contributed by atoms with Gasteiger partial charge in [0.15, 0.2) is 0 Å². The van der Waals surface area contributed by atoms with Crippen LogP contribution in [0.25, 0.3) is 0 Å². The van der Waals surface area contributed by atoms with E-state index in [1.54, 1.807) is 20.8 Å². The van der Waals surface area contributed by atoms with Crippen LogP contribution in [-0.2, 0) is 29.1 Å². The van der Waals surface area contributed by atoms with Crippen LogP contribution in [0.5, 0.6) is 5.75 Å². The molecule has 0 fully saturated rings. The largest absolute Gasteiger partial charge is 0.497 e. The zero-order valence-electron chi connectivity index (χ0n) is 14.3. The summed E-state index contributed by atoms with van der Waals surface area (Å²) in [6.45, 7) is 4.35. The molecule has 25 heavy (non-hydrogen) atoms. The zero-order valence-corrected chi connectivity index (χ0v) is 15.1. The third-order valence-corrected chi connectivity index (χ3v) is 3.95. The van der Waals surface area contributed by atoms with Crippen LogP contribution in [0.4, 0.5) is 0 Å². The number of esters is 2. The average molecular weight is 372 g/mol. The van der Waals surface area contributed by atoms with Crippen molar-refractivity contribution in [3.8, 4) is 5.75 Å². The fourth-order valence-corrected chi connectivity index (χ4v) is 2.14. The second kappa shape index (κ2) is 8.47. The van der Waals surface area contributed by atoms with Crippen molar-refractivity contribution in [3.05, 3.63) is 24.3 Å². The van der Waals surface area contributed by atoms with Gasteiger partial charge in [0.1, 0.15) is 12.0 Å². The number of hydrogen-bond donors (Lipinski definition) is 1. The Kier molecular flexibility index (Phi) is 6.92. The van der Waals surface area contributed by atoms with Gasteiger partial charge < -0.3 is 14.2 Å². The van der Waals surface area contributed by atoms with Crippen LogP contribution in [0.3, 0.4) is 0 Å². The lowest BCUT2D eigenvalue weighted by Crippen LogP contribution is -2.25. The van der Waals surface area contributed by atoms with Crippen molar-refractivity contribution in [2.75, 3.05) is 13.9 Å². The SMILES string of the molecule is COc1ccc(S(=O)(=O)N/N=C\C(=O)OCOC(=O)C(C)(C)C)cc1. The van der Waals surface area contributed by atoms with Crippen molar-refractivity contribution in [1.82, 2.24) is 4.83 Å². The van der Waals surface area contributed by atoms with Crippen LogP contribution in [-0.4, -0.2) is 40.5 Å². The highest BCUT2D eigenvalue weighted by Gasteiger charge is 2.23. The van der Waals surface area contributed by atoms with E-state index in [-0.39, 0.29) is 4.90 Å². The van der Waals surface area contributed by atoms with Gasteiger partial charge in [-0.05, 0) is 45.0 Å². The van der Waals surface area contributed by atoms with E-state index in [0.29, 0.717) is 12.0 Å². The molecule has 0 saturated heterocycles. The molecule has 9 nitrogen and oxygen atoms in total. The smallest absolute Gasteiger partial charge is 0.354 e. The number of carbonyl (C=O) groups is 2. The summed E-state index contributed by atoms with van der Waals surface area (Å²) in [5, 5.41) is 3.30. The van der Waals surface area contributed by atoms with Crippen molar-refractivity contribution in [2.45, 2.75) is 25.7 Å². The van der Waals surface area contributed by atoms with Crippen LogP contribution in [0, 0.1) is 5.41 Å². The number of methoxy groups -OCH3 is 1. The Hall–Kier alpha value is -2.62. The number of benzene rings is 1. The van der Waals surface area contributed by atoms with E-state index in [1.807, 2.05) is 4.83 Å². The number of nitrogens with zero attached hydrogens (tertiary/aromatic N) is 1. The number of nitrogens with one attached hydrogen (secondary N) is 1. The molecule has 0 radical (unpaired) electrons. The molecule has 0 aliphatic heterocycles. The zero-order chi connectivity index (χ0) is 19.1. The number of ether oxygens (including phenoxy) is 3. The van der Waals surface area contributed by atoms with Crippen molar-refractivity contribution in [3.63, 3.8) is 0 Å². The van der Waals surface area contributed by atoms with Gasteiger partial charge in [-0.2, -0.15) is 18.4 Å². The van der Waals surface area contributed by atoms with Crippen molar-refractivity contribution < 1.29 is 32.2 Å². The Balaban J connectivity index is 2.50. The van der Waals surface area contributed by atoms with Crippen molar-refractivity contribution in [1.29, 1.82) is 0 Å². The maximum atomic E-state index is 11.9. The lowest BCUT2D eigenvalue weighted by Gasteiger charge is -2.15. The predicted molar refractivity (Wildman–Crippen MR) is 88.3 cm³/mol. The lowest BCUT2D eigenvalue weighted by molar-refractivity contribution is -0.169. The molecule has 1 aromatic carbocycles. The third kappa shape index (κ3) is 6.79. The summed E-state index contributed by atoms with van der Waals surface area (Å²) >= 11 is 0. The first-order valence-electron chi connectivity index (χ1n) is 7.09. The summed E-state index contributed by atoms with van der Waals surface area (Å²) in [5.74, 6) is -1.02. The fraction of sp³-hybridized carbons (Fsp3) is 0.400. The molecule has 0 heterocycles.